The molecule has 1 aliphatic carbocycles. The number of anilines is 1. The molecule has 0 unspecified atom stereocenters. The van der Waals surface area contributed by atoms with Crippen molar-refractivity contribution in [1.82, 2.24) is 29.9 Å². The lowest BCUT2D eigenvalue weighted by Crippen LogP contribution is -2.30. The normalized spacial score (nSPS) is 18.5. The number of hydrogen-bond acceptors (Lipinski definition) is 8. The number of ether oxygens (including phenoxy) is 2. The summed E-state index contributed by atoms with van der Waals surface area (Å²) in [7, 11) is 1.55. The highest BCUT2D eigenvalue weighted by Crippen LogP contribution is 2.35. The van der Waals surface area contributed by atoms with Gasteiger partial charge in [-0.2, -0.15) is 9.97 Å². The lowest BCUT2D eigenvalue weighted by molar-refractivity contribution is 0.00719. The number of aliphatic hydroxyl groups is 1. The Kier molecular flexibility index (Phi) is 6.73. The molecule has 0 aliphatic heterocycles. The molecule has 1 aliphatic rings. The molecule has 3 N–H and O–H groups in total. The van der Waals surface area contributed by atoms with Crippen LogP contribution in [-0.2, 0) is 11.3 Å². The first-order chi connectivity index (χ1) is 17.1. The summed E-state index contributed by atoms with van der Waals surface area (Å²) in [6, 6.07) is 5.60. The van der Waals surface area contributed by atoms with Gasteiger partial charge in [-0.15, -0.1) is 5.10 Å². The Bertz CT molecular complexity index is 1300. The number of halogens is 2. The Balaban J connectivity index is 1.40. The number of hydrogen-bond donors (Lipinski definition) is 3. The van der Waals surface area contributed by atoms with Crippen molar-refractivity contribution in [2.24, 2.45) is 0 Å². The Morgan fingerprint density at radius 2 is 2.06 bits per heavy atom. The minimum atomic E-state index is -2.53. The molecule has 0 atom stereocenters. The number of methoxy groups -OCH3 is 1. The third kappa shape index (κ3) is 4.89. The minimum absolute atomic E-state index is 0.0358. The summed E-state index contributed by atoms with van der Waals surface area (Å²) in [6.07, 6.45) is 3.09. The number of rotatable bonds is 9. The van der Waals surface area contributed by atoms with Crippen LogP contribution in [0.4, 0.5) is 14.7 Å². The van der Waals surface area contributed by atoms with Gasteiger partial charge in [0.2, 0.25) is 11.8 Å². The van der Waals surface area contributed by atoms with Crippen molar-refractivity contribution < 1.29 is 23.4 Å². The molecule has 3 aromatic heterocycles. The number of aromatic nitrogens is 6. The number of nitrogens with one attached hydrogen (secondary N) is 2. The monoisotopic (exact) mass is 487 g/mol. The quantitative estimate of drug-likeness (QED) is 0.328. The first-order valence-electron chi connectivity index (χ1n) is 11.6. The molecular formula is C23H27F2N7O3. The van der Waals surface area contributed by atoms with Gasteiger partial charge in [0.05, 0.1) is 37.3 Å². The maximum atomic E-state index is 12.9. The van der Waals surface area contributed by atoms with E-state index in [1.54, 1.807) is 25.4 Å². The van der Waals surface area contributed by atoms with Gasteiger partial charge in [-0.1, -0.05) is 11.3 Å². The zero-order chi connectivity index (χ0) is 24.4. The highest BCUT2D eigenvalue weighted by Gasteiger charge is 2.23. The van der Waals surface area contributed by atoms with Gasteiger partial charge in [0.1, 0.15) is 17.7 Å². The maximum Gasteiger partial charge on any atom is 0.258 e. The Hall–Kier alpha value is -3.38. The van der Waals surface area contributed by atoms with E-state index >= 15 is 0 Å². The van der Waals surface area contributed by atoms with Crippen molar-refractivity contribution in [2.75, 3.05) is 25.6 Å². The summed E-state index contributed by atoms with van der Waals surface area (Å²) in [5.74, 6) is 0.880. The molecule has 0 bridgehead atoms. The average molecular weight is 488 g/mol. The van der Waals surface area contributed by atoms with Crippen molar-refractivity contribution in [3.05, 3.63) is 24.4 Å². The number of aliphatic hydroxyl groups excluding tert-OH is 1. The van der Waals surface area contributed by atoms with Gasteiger partial charge in [0.25, 0.3) is 6.43 Å². The SMILES string of the molecule is COc1nc(N[C@H]2CC[C@@H](OCCO)CC2)nc2[nH]cc(-c3ccc4nnn(CC(F)F)c4c3)c12. The smallest absolute Gasteiger partial charge is 0.258 e. The summed E-state index contributed by atoms with van der Waals surface area (Å²) in [5.41, 5.74) is 3.24. The Morgan fingerprint density at radius 3 is 2.80 bits per heavy atom. The number of alkyl halides is 2. The van der Waals surface area contributed by atoms with Crippen LogP contribution in [0.3, 0.4) is 0 Å². The lowest BCUT2D eigenvalue weighted by atomic mass is 9.93. The van der Waals surface area contributed by atoms with Crippen molar-refractivity contribution in [3.63, 3.8) is 0 Å². The molecule has 0 amide bonds. The summed E-state index contributed by atoms with van der Waals surface area (Å²) < 4.78 is 38.3. The molecule has 4 aromatic rings. The van der Waals surface area contributed by atoms with E-state index in [1.165, 1.54) is 4.68 Å². The van der Waals surface area contributed by atoms with Crippen molar-refractivity contribution >= 4 is 28.0 Å². The molecule has 1 aromatic carbocycles. The van der Waals surface area contributed by atoms with Gasteiger partial charge < -0.3 is 24.9 Å². The van der Waals surface area contributed by atoms with Gasteiger partial charge in [-0.05, 0) is 43.4 Å². The summed E-state index contributed by atoms with van der Waals surface area (Å²) in [5, 5.41) is 20.8. The number of aromatic amines is 1. The first-order valence-corrected chi connectivity index (χ1v) is 11.6. The number of benzene rings is 1. The molecule has 12 heteroatoms. The van der Waals surface area contributed by atoms with Gasteiger partial charge in [-0.3, -0.25) is 0 Å². The molecule has 10 nitrogen and oxygen atoms in total. The highest BCUT2D eigenvalue weighted by atomic mass is 19.3. The van der Waals surface area contributed by atoms with E-state index in [-0.39, 0.29) is 18.8 Å². The zero-order valence-corrected chi connectivity index (χ0v) is 19.2. The first kappa shape index (κ1) is 23.4. The van der Waals surface area contributed by atoms with E-state index < -0.39 is 13.0 Å². The maximum absolute atomic E-state index is 12.9. The second-order valence-corrected chi connectivity index (χ2v) is 8.56. The molecule has 0 saturated heterocycles. The molecule has 186 valence electrons. The van der Waals surface area contributed by atoms with E-state index in [4.69, 9.17) is 14.6 Å². The van der Waals surface area contributed by atoms with Gasteiger partial charge in [0, 0.05) is 17.8 Å². The van der Waals surface area contributed by atoms with Crippen LogP contribution in [-0.4, -0.2) is 73.9 Å². The minimum Gasteiger partial charge on any atom is -0.480 e. The third-order valence-electron chi connectivity index (χ3n) is 6.28. The third-order valence-corrected chi connectivity index (χ3v) is 6.28. The summed E-state index contributed by atoms with van der Waals surface area (Å²) in [6.45, 7) is -0.119. The van der Waals surface area contributed by atoms with E-state index in [2.05, 4.69) is 30.6 Å². The van der Waals surface area contributed by atoms with E-state index in [0.29, 0.717) is 40.5 Å². The largest absolute Gasteiger partial charge is 0.480 e. The molecule has 1 fully saturated rings. The molecule has 0 radical (unpaired) electrons. The van der Waals surface area contributed by atoms with Gasteiger partial charge in [0.15, 0.2) is 0 Å². The van der Waals surface area contributed by atoms with E-state index in [1.807, 2.05) is 6.07 Å². The van der Waals surface area contributed by atoms with Crippen molar-refractivity contribution in [3.8, 4) is 17.0 Å². The second kappa shape index (κ2) is 10.1. The van der Waals surface area contributed by atoms with Crippen LogP contribution in [0.25, 0.3) is 33.2 Å². The zero-order valence-electron chi connectivity index (χ0n) is 19.2. The van der Waals surface area contributed by atoms with E-state index in [9.17, 15) is 8.78 Å². The fourth-order valence-corrected chi connectivity index (χ4v) is 4.61. The van der Waals surface area contributed by atoms with Crippen LogP contribution >= 0.6 is 0 Å². The van der Waals surface area contributed by atoms with Gasteiger partial charge in [-0.25, -0.2) is 13.5 Å². The van der Waals surface area contributed by atoms with Crippen molar-refractivity contribution in [1.29, 1.82) is 0 Å². The van der Waals surface area contributed by atoms with Crippen LogP contribution in [0.5, 0.6) is 5.88 Å². The van der Waals surface area contributed by atoms with Crippen LogP contribution in [0.15, 0.2) is 24.4 Å². The van der Waals surface area contributed by atoms with Crippen LogP contribution in [0.1, 0.15) is 25.7 Å². The molecule has 5 rings (SSSR count). The summed E-state index contributed by atoms with van der Waals surface area (Å²) in [4.78, 5) is 12.4. The number of H-pyrrole nitrogens is 1. The number of fused-ring (bicyclic) bond motifs is 2. The fraction of sp³-hybridized carbons (Fsp3) is 0.478. The standard InChI is InChI=1S/C23H27F2N7O3/c1-34-22-20-16(13-2-7-17-18(10-13)32(31-30-17)12-19(24)25)11-26-21(20)28-23(29-22)27-14-3-5-15(6-4-14)35-9-8-33/h2,7,10-11,14-15,19,33H,3-6,8-9,12H2,1H3,(H2,26,27,28,29)/t14-,15+. The van der Waals surface area contributed by atoms with Crippen LogP contribution < -0.4 is 10.1 Å². The molecule has 0 spiro atoms. The second-order valence-electron chi connectivity index (χ2n) is 8.56. The molecule has 3 heterocycles. The molecule has 35 heavy (non-hydrogen) atoms. The predicted octanol–water partition coefficient (Wildman–Crippen LogP) is 3.38. The highest BCUT2D eigenvalue weighted by molar-refractivity contribution is 5.99. The molecule has 1 saturated carbocycles. The van der Waals surface area contributed by atoms with Crippen LogP contribution in [0.2, 0.25) is 0 Å². The Labute approximate surface area is 199 Å². The lowest BCUT2D eigenvalue weighted by Gasteiger charge is -2.29. The van der Waals surface area contributed by atoms with Gasteiger partial charge >= 0.3 is 0 Å². The van der Waals surface area contributed by atoms with Crippen LogP contribution in [0, 0.1) is 0 Å². The topological polar surface area (TPSA) is 123 Å². The fourth-order valence-electron chi connectivity index (χ4n) is 4.61. The van der Waals surface area contributed by atoms with E-state index in [0.717, 1.165) is 36.8 Å². The predicted molar refractivity (Wildman–Crippen MR) is 126 cm³/mol. The Morgan fingerprint density at radius 1 is 1.23 bits per heavy atom. The summed E-state index contributed by atoms with van der Waals surface area (Å²) >= 11 is 0. The van der Waals surface area contributed by atoms with Crippen molar-refractivity contribution in [2.45, 2.75) is 50.8 Å². The molecular weight excluding hydrogens is 460 g/mol. The number of nitrogens with zero attached hydrogens (tertiary/aromatic N) is 5. The average Bonchev–Trinajstić information content (AvgIpc) is 3.46.